The predicted octanol–water partition coefficient (Wildman–Crippen LogP) is 1.01. The second-order valence-electron chi connectivity index (χ2n) is 7.76. The lowest BCUT2D eigenvalue weighted by Crippen LogP contribution is -2.37. The molecule has 0 fully saturated rings. The van der Waals surface area contributed by atoms with Gasteiger partial charge < -0.3 is 29.5 Å². The molecule has 1 aromatic carbocycles. The maximum Gasteiger partial charge on any atom is 0.231 e. The van der Waals surface area contributed by atoms with Crippen molar-refractivity contribution in [2.75, 3.05) is 33.0 Å². The van der Waals surface area contributed by atoms with E-state index in [1.165, 1.54) is 6.33 Å². The summed E-state index contributed by atoms with van der Waals surface area (Å²) >= 11 is 0. The highest BCUT2D eigenvalue weighted by molar-refractivity contribution is 5.63. The van der Waals surface area contributed by atoms with Gasteiger partial charge in [0.15, 0.2) is 23.2 Å². The maximum absolute atomic E-state index is 10.6. The van der Waals surface area contributed by atoms with Gasteiger partial charge in [0.1, 0.15) is 11.7 Å². The number of nitrogens with one attached hydrogen (secondary N) is 1. The van der Waals surface area contributed by atoms with Crippen LogP contribution in [-0.2, 0) is 11.2 Å². The Balaban J connectivity index is 1.70. The predicted molar refractivity (Wildman–Crippen MR) is 113 cm³/mol. The van der Waals surface area contributed by atoms with Crippen LogP contribution in [-0.4, -0.2) is 59.1 Å². The van der Waals surface area contributed by atoms with Crippen molar-refractivity contribution in [3.8, 4) is 11.5 Å². The van der Waals surface area contributed by atoms with E-state index < -0.39 is 0 Å². The molecule has 2 aromatic rings. The summed E-state index contributed by atoms with van der Waals surface area (Å²) in [6.07, 6.45) is 8.50. The quantitative estimate of drug-likeness (QED) is 0.648. The van der Waals surface area contributed by atoms with E-state index in [4.69, 9.17) is 19.2 Å². The monoisotopic (exact) mass is 423 g/mol. The first-order chi connectivity index (χ1) is 15.2. The number of rotatable bonds is 0. The maximum atomic E-state index is 10.6. The minimum Gasteiger partial charge on any atom is -0.494 e. The highest BCUT2D eigenvalue weighted by Crippen LogP contribution is 2.30. The highest BCUT2D eigenvalue weighted by Gasteiger charge is 2.22. The van der Waals surface area contributed by atoms with Crippen LogP contribution in [0.1, 0.15) is 24.5 Å². The third kappa shape index (κ3) is 4.06. The van der Waals surface area contributed by atoms with Gasteiger partial charge in [-0.25, -0.2) is 15.0 Å². The Labute approximate surface area is 179 Å². The molecule has 2 bridgehead atoms. The Morgan fingerprint density at radius 3 is 3.13 bits per heavy atom. The number of aliphatic hydroxyl groups excluding tert-OH is 1. The normalized spacial score (nSPS) is 22.0. The summed E-state index contributed by atoms with van der Waals surface area (Å²) in [5.41, 5.74) is 1.72. The van der Waals surface area contributed by atoms with Crippen LogP contribution in [0.25, 0.3) is 12.3 Å². The molecule has 1 aromatic heterocycles. The van der Waals surface area contributed by atoms with Crippen molar-refractivity contribution in [2.45, 2.75) is 25.9 Å². The first-order valence-corrected chi connectivity index (χ1v) is 10.5. The van der Waals surface area contributed by atoms with Crippen LogP contribution in [0, 0.1) is 0 Å². The molecule has 3 aliphatic heterocycles. The average Bonchev–Trinajstić information content (AvgIpc) is 3.22. The summed E-state index contributed by atoms with van der Waals surface area (Å²) in [5.74, 6) is 1.94. The summed E-state index contributed by atoms with van der Waals surface area (Å²) < 4.78 is 17.3. The molecule has 9 heteroatoms. The van der Waals surface area contributed by atoms with Gasteiger partial charge in [0.25, 0.3) is 0 Å². The summed E-state index contributed by atoms with van der Waals surface area (Å²) in [4.78, 5) is 15.3. The Bertz CT molecular complexity index is 1130. The Hall–Kier alpha value is -3.17. The fourth-order valence-corrected chi connectivity index (χ4v) is 3.93. The first kappa shape index (κ1) is 19.8. The summed E-state index contributed by atoms with van der Waals surface area (Å²) in [6.45, 7) is 5.04. The third-order valence-corrected chi connectivity index (χ3v) is 5.49. The lowest BCUT2D eigenvalue weighted by atomic mass is 10.1. The molecular formula is C22H25N5O4. The Morgan fingerprint density at radius 1 is 1.26 bits per heavy atom. The van der Waals surface area contributed by atoms with Gasteiger partial charge in [-0.1, -0.05) is 0 Å². The fourth-order valence-electron chi connectivity index (χ4n) is 3.93. The van der Waals surface area contributed by atoms with Crippen molar-refractivity contribution in [2.24, 2.45) is 4.99 Å². The summed E-state index contributed by atoms with van der Waals surface area (Å²) in [5, 5.41) is 15.4. The first-order valence-electron chi connectivity index (χ1n) is 10.5. The van der Waals surface area contributed by atoms with Gasteiger partial charge in [0, 0.05) is 55.4 Å². The van der Waals surface area contributed by atoms with E-state index in [0.29, 0.717) is 42.2 Å². The van der Waals surface area contributed by atoms with Gasteiger partial charge in [-0.15, -0.1) is 0 Å². The number of ether oxygens (including phenoxy) is 3. The van der Waals surface area contributed by atoms with Crippen LogP contribution in [0.4, 0.5) is 5.82 Å². The number of hydrogen-bond acceptors (Lipinski definition) is 9. The number of nitrogens with zero attached hydrogens (tertiary/aromatic N) is 4. The topological polar surface area (TPSA) is 101 Å². The zero-order valence-corrected chi connectivity index (χ0v) is 17.4. The zero-order chi connectivity index (χ0) is 21.2. The van der Waals surface area contributed by atoms with Gasteiger partial charge in [0.2, 0.25) is 6.79 Å². The largest absolute Gasteiger partial charge is 0.494 e. The molecule has 0 saturated heterocycles. The Morgan fingerprint density at radius 2 is 2.19 bits per heavy atom. The van der Waals surface area contributed by atoms with Gasteiger partial charge in [-0.3, -0.25) is 0 Å². The number of hydrogen-bond donors (Lipinski definition) is 2. The molecule has 162 valence electrons. The van der Waals surface area contributed by atoms with Gasteiger partial charge in [-0.05, 0) is 31.5 Å². The molecule has 9 nitrogen and oxygen atoms in total. The number of aromatic nitrogens is 2. The van der Waals surface area contributed by atoms with Gasteiger partial charge in [-0.2, -0.15) is 0 Å². The molecule has 0 spiro atoms. The van der Waals surface area contributed by atoms with Crippen LogP contribution in [0.5, 0.6) is 11.5 Å². The molecule has 0 aliphatic carbocycles. The number of fused-ring (bicyclic) bond motifs is 4. The molecule has 0 radical (unpaired) electrons. The van der Waals surface area contributed by atoms with Crippen molar-refractivity contribution >= 4 is 18.1 Å². The lowest BCUT2D eigenvalue weighted by Gasteiger charge is -2.23. The van der Waals surface area contributed by atoms with Gasteiger partial charge >= 0.3 is 0 Å². The van der Waals surface area contributed by atoms with E-state index in [1.54, 1.807) is 12.3 Å². The van der Waals surface area contributed by atoms with Crippen molar-refractivity contribution < 1.29 is 19.3 Å². The number of benzene rings is 1. The van der Waals surface area contributed by atoms with Crippen molar-refractivity contribution in [3.63, 3.8) is 0 Å². The van der Waals surface area contributed by atoms with E-state index in [1.807, 2.05) is 24.1 Å². The molecule has 2 N–H and O–H groups in total. The standard InChI is InChI=1S/C22H25N5O4/c1-14-7-16-10-24-12-25-22(16)26-20-17-11-27(5-4-23-3-2-6-29-14)19(28)9-15(17)8-18-21(20)31-13-30-18/h8-12,14,23,28H,2-7,13H2,1H3/b26-20-. The lowest BCUT2D eigenvalue weighted by molar-refractivity contribution is 0.0647. The van der Waals surface area contributed by atoms with Crippen LogP contribution >= 0.6 is 0 Å². The van der Waals surface area contributed by atoms with E-state index in [0.717, 1.165) is 35.9 Å². The molecule has 3 aliphatic rings. The molecule has 0 saturated carbocycles. The van der Waals surface area contributed by atoms with Gasteiger partial charge in [0.05, 0.1) is 6.10 Å². The summed E-state index contributed by atoms with van der Waals surface area (Å²) in [7, 11) is 0. The van der Waals surface area contributed by atoms with E-state index in [2.05, 4.69) is 15.3 Å². The minimum absolute atomic E-state index is 0.0183. The van der Waals surface area contributed by atoms with Crippen LogP contribution in [0.15, 0.2) is 29.5 Å². The third-order valence-electron chi connectivity index (χ3n) is 5.49. The van der Waals surface area contributed by atoms with E-state index >= 15 is 0 Å². The second kappa shape index (κ2) is 8.52. The Kier molecular flexibility index (Phi) is 5.44. The molecule has 31 heavy (non-hydrogen) atoms. The van der Waals surface area contributed by atoms with Crippen molar-refractivity contribution in [1.82, 2.24) is 20.2 Å². The van der Waals surface area contributed by atoms with Crippen LogP contribution < -0.4 is 25.4 Å². The smallest absolute Gasteiger partial charge is 0.231 e. The summed E-state index contributed by atoms with van der Waals surface area (Å²) in [6, 6.07) is 1.87. The van der Waals surface area contributed by atoms with E-state index in [-0.39, 0.29) is 18.8 Å². The molecular weight excluding hydrogens is 398 g/mol. The van der Waals surface area contributed by atoms with Crippen molar-refractivity contribution in [1.29, 1.82) is 0 Å². The van der Waals surface area contributed by atoms with Crippen molar-refractivity contribution in [3.05, 3.63) is 46.2 Å². The molecule has 1 unspecified atom stereocenters. The molecule has 4 heterocycles. The average molecular weight is 423 g/mol. The molecule has 0 amide bonds. The van der Waals surface area contributed by atoms with E-state index in [9.17, 15) is 5.11 Å². The van der Waals surface area contributed by atoms with Crippen LogP contribution in [0.3, 0.4) is 0 Å². The zero-order valence-electron chi connectivity index (χ0n) is 17.4. The molecule has 1 atom stereocenters. The van der Waals surface area contributed by atoms with Crippen LogP contribution in [0.2, 0.25) is 0 Å². The number of aliphatic hydroxyl groups is 1. The second-order valence-corrected chi connectivity index (χ2v) is 7.76. The highest BCUT2D eigenvalue weighted by atomic mass is 16.7. The SMILES string of the molecule is CC1Cc2cncnc2/N=c2\c3c(cc4c2=CN(CCNCCCO1)C(O)=C4)OCO3. The minimum atomic E-state index is 0.0183. The fraction of sp³-hybridized carbons (Fsp3) is 0.409. The molecule has 5 rings (SSSR count).